The molecule has 10 heterocycles. The number of hydrogen-bond acceptors (Lipinski definition) is 0. The van der Waals surface area contributed by atoms with Gasteiger partial charge in [-0.05, 0) is 0 Å². The van der Waals surface area contributed by atoms with Gasteiger partial charge in [-0.2, -0.15) is 0 Å². The Kier molecular flexibility index (Phi) is 0.0750. The Bertz CT molecular complexity index is 755. The summed E-state index contributed by atoms with van der Waals surface area (Å²) in [6.07, 6.45) is 0. The molecule has 0 N–H and O–H groups in total. The number of hydrogen-bond donors (Lipinski definition) is 0. The van der Waals surface area contributed by atoms with Crippen LogP contribution in [0.4, 0.5) is 0 Å². The molecule has 0 nitrogen and oxygen atoms in total. The Labute approximate surface area is 68.9 Å². The van der Waals surface area contributed by atoms with Crippen molar-refractivity contribution in [3.63, 3.8) is 0 Å². The summed E-state index contributed by atoms with van der Waals surface area (Å²) >= 11 is 4.33. The van der Waals surface area contributed by atoms with E-state index < -0.39 is 6.51 Å². The number of rotatable bonds is 0. The van der Waals surface area contributed by atoms with Gasteiger partial charge in [0, 0.05) is 0 Å². The van der Waals surface area contributed by atoms with Crippen molar-refractivity contribution in [3.8, 4) is 0 Å². The van der Waals surface area contributed by atoms with Crippen LogP contribution >= 0.6 is 15.9 Å². The first-order valence-electron chi connectivity index (χ1n) is 5.45. The van der Waals surface area contributed by atoms with Crippen LogP contribution in [0, 0.1) is 0 Å². The third-order valence-electron chi connectivity index (χ3n) is 14.5. The second-order valence-electron chi connectivity index (χ2n) is 9.59. The summed E-state index contributed by atoms with van der Waals surface area (Å²) in [5.74, 6) is 0. The monoisotopic (exact) mass is 264 g/mol. The van der Waals surface area contributed by atoms with E-state index in [-0.39, 0.29) is 0 Å². The molecule has 0 saturated carbocycles. The van der Waals surface area contributed by atoms with Crippen molar-refractivity contribution < 1.29 is 6.51 Å². The van der Waals surface area contributed by atoms with Crippen LogP contribution in [0.1, 0.15) is 0 Å². The molecule has 0 radical (unpaired) electrons. The second-order valence-corrected chi connectivity index (χ2v) is 35.2. The van der Waals surface area contributed by atoms with E-state index in [9.17, 15) is 0 Å². The van der Waals surface area contributed by atoms with Gasteiger partial charge in [0.1, 0.15) is 0 Å². The van der Waals surface area contributed by atoms with Crippen LogP contribution in [-0.4, -0.2) is 3.22 Å². The van der Waals surface area contributed by atoms with Gasteiger partial charge < -0.3 is 0 Å². The molecule has 4 unspecified atom stereocenters. The maximum absolute atomic E-state index is 4.33. The number of halogens is 1. The fourth-order valence-corrected chi connectivity index (χ4v) is 101. The summed E-state index contributed by atoms with van der Waals surface area (Å²) in [4.78, 5) is 13.5. The molecule has 12 heavy (non-hydrogen) atoms. The number of fused-ring (bicyclic) bond motifs is 10. The summed E-state index contributed by atoms with van der Waals surface area (Å²) in [5, 5.41) is 0. The molecule has 10 saturated heterocycles. The Morgan fingerprint density at radius 3 is 1.17 bits per heavy atom. The summed E-state index contributed by atoms with van der Waals surface area (Å²) in [5.41, 5.74) is 0. The molecule has 0 aromatic heterocycles. The predicted molar refractivity (Wildman–Crippen MR) is 45.4 cm³/mol. The van der Waals surface area contributed by atoms with Gasteiger partial charge in [0.05, 0.1) is 0 Å². The number of alkyl halides is 1. The molecule has 10 aliphatic rings. The van der Waals surface area contributed by atoms with Gasteiger partial charge >= 0.3 is 69.0 Å². The molecule has 0 aromatic carbocycles. The molecule has 4 atom stereocenters. The Morgan fingerprint density at radius 1 is 0.750 bits per heavy atom. The van der Waals surface area contributed by atoms with Crippen molar-refractivity contribution in [1.82, 2.24) is 0 Å². The molecule has 64 valence electrons. The van der Waals surface area contributed by atoms with Crippen molar-refractivity contribution in [2.24, 2.45) is 0 Å². The third kappa shape index (κ3) is 0.0240. The molecule has 0 aromatic rings. The topological polar surface area (TPSA) is 0 Å². The zero-order chi connectivity index (χ0) is 7.01. The van der Waals surface area contributed by atoms with Crippen LogP contribution in [-0.2, 0) is 6.51 Å². The van der Waals surface area contributed by atoms with Crippen molar-refractivity contribution >= 4 is 15.9 Å². The first kappa shape index (κ1) is 3.87. The SMILES string of the molecule is Br[C]12[CH]3[CH]4[CH]5[CH]1[Fe]45321678[CH]2[CH]1[CH]6[CH]7[CH]28. The molecule has 0 bridgehead atoms. The molecule has 10 aliphatic heterocycles. The third-order valence-corrected chi connectivity index (χ3v) is 64.0. The van der Waals surface area contributed by atoms with E-state index in [1.54, 1.807) is 0 Å². The van der Waals surface area contributed by atoms with E-state index in [1.807, 2.05) is 0 Å². The quantitative estimate of drug-likeness (QED) is 0.463. The Morgan fingerprint density at radius 2 is 1.17 bits per heavy atom. The molecular formula is C10H9BrFe. The minimum atomic E-state index is -2.53. The fraction of sp³-hybridized carbons (Fsp3) is 1.00. The molecule has 1 spiro atoms. The van der Waals surface area contributed by atoms with Gasteiger partial charge in [-0.15, -0.1) is 0 Å². The van der Waals surface area contributed by atoms with Crippen LogP contribution in [0.25, 0.3) is 0 Å². The van der Waals surface area contributed by atoms with E-state index in [0.717, 1.165) is 3.22 Å². The maximum atomic E-state index is 4.33. The van der Waals surface area contributed by atoms with Crippen molar-refractivity contribution in [2.75, 3.05) is 0 Å². The zero-order valence-electron chi connectivity index (χ0n) is 6.43. The van der Waals surface area contributed by atoms with Crippen LogP contribution in [0.2, 0.25) is 43.3 Å². The summed E-state index contributed by atoms with van der Waals surface area (Å²) in [7, 11) is 0. The second kappa shape index (κ2) is 0.233. The first-order chi connectivity index (χ1) is 5.55. The van der Waals surface area contributed by atoms with Crippen molar-refractivity contribution in [2.45, 2.75) is 46.6 Å². The van der Waals surface area contributed by atoms with Crippen molar-refractivity contribution in [3.05, 3.63) is 0 Å². The van der Waals surface area contributed by atoms with Crippen LogP contribution < -0.4 is 0 Å². The van der Waals surface area contributed by atoms with Gasteiger partial charge in [0.2, 0.25) is 0 Å². The van der Waals surface area contributed by atoms with E-state index in [2.05, 4.69) is 15.9 Å². The summed E-state index contributed by atoms with van der Waals surface area (Å²) < 4.78 is 1.01. The van der Waals surface area contributed by atoms with E-state index in [0.29, 0.717) is 0 Å². The Hall–Kier alpha value is 0.999. The van der Waals surface area contributed by atoms with Gasteiger partial charge in [-0.25, -0.2) is 0 Å². The van der Waals surface area contributed by atoms with E-state index in [4.69, 9.17) is 0 Å². The van der Waals surface area contributed by atoms with Crippen LogP contribution in [0.15, 0.2) is 0 Å². The molecule has 0 amide bonds. The molecule has 0 aliphatic carbocycles. The minimum absolute atomic E-state index is 1.01. The predicted octanol–water partition coefficient (Wildman–Crippen LogP) is 3.68. The average Bonchev–Trinajstić information content (AvgIpc) is 2.97. The van der Waals surface area contributed by atoms with Gasteiger partial charge in [0.25, 0.3) is 0 Å². The van der Waals surface area contributed by atoms with Gasteiger partial charge in [-0.1, -0.05) is 0 Å². The van der Waals surface area contributed by atoms with Crippen LogP contribution in [0.5, 0.6) is 0 Å². The molecular weight excluding hydrogens is 256 g/mol. The molecule has 10 fully saturated rings. The molecule has 2 heteroatoms. The first-order valence-corrected chi connectivity index (χ1v) is 12.5. The standard InChI is InChI=1S/C5H4Br.C5H5.Fe/c6-5-3-1-2-4-5;1-2-4-5-3-1;/h1-4H;1-5H;. The van der Waals surface area contributed by atoms with Crippen molar-refractivity contribution in [1.29, 1.82) is 0 Å². The van der Waals surface area contributed by atoms with Gasteiger partial charge in [0.15, 0.2) is 0 Å². The fourth-order valence-electron chi connectivity index (χ4n) is 15.9. The molecule has 10 rings (SSSR count). The van der Waals surface area contributed by atoms with E-state index >= 15 is 0 Å². The van der Waals surface area contributed by atoms with Gasteiger partial charge in [-0.3, -0.25) is 0 Å². The zero-order valence-corrected chi connectivity index (χ0v) is 9.12. The Balaban J connectivity index is 2.31. The normalized spacial score (nSPS) is 164. The van der Waals surface area contributed by atoms with E-state index in [1.165, 1.54) is 43.3 Å². The average molecular weight is 265 g/mol. The summed E-state index contributed by atoms with van der Waals surface area (Å²) in [6.45, 7) is -2.53. The summed E-state index contributed by atoms with van der Waals surface area (Å²) in [6, 6.07) is 0. The van der Waals surface area contributed by atoms with Crippen LogP contribution in [0.3, 0.4) is 0 Å².